The van der Waals surface area contributed by atoms with Gasteiger partial charge in [-0.25, -0.2) is 9.48 Å². The van der Waals surface area contributed by atoms with Gasteiger partial charge in [-0.1, -0.05) is 27.2 Å². The number of carbonyl (C=O) groups is 1. The first kappa shape index (κ1) is 13.8. The second kappa shape index (κ2) is 4.96. The number of rotatable bonds is 2. The maximum absolute atomic E-state index is 11.2. The first-order valence-electron chi connectivity index (χ1n) is 6.34. The lowest BCUT2D eigenvalue weighted by molar-refractivity contribution is 0.0699. The molecular formula is C15H12BrN3O2. The van der Waals surface area contributed by atoms with Crippen molar-refractivity contribution in [3.05, 3.63) is 51.5 Å². The van der Waals surface area contributed by atoms with Gasteiger partial charge in [-0.3, -0.25) is 0 Å². The van der Waals surface area contributed by atoms with Crippen LogP contribution in [0, 0.1) is 13.8 Å². The van der Waals surface area contributed by atoms with Gasteiger partial charge in [-0.05, 0) is 49.2 Å². The third-order valence-electron chi connectivity index (χ3n) is 3.37. The molecule has 106 valence electrons. The van der Waals surface area contributed by atoms with Gasteiger partial charge >= 0.3 is 5.97 Å². The van der Waals surface area contributed by atoms with Crippen molar-refractivity contribution in [2.45, 2.75) is 13.8 Å². The number of hydrogen-bond acceptors (Lipinski definition) is 3. The van der Waals surface area contributed by atoms with Gasteiger partial charge in [0.15, 0.2) is 0 Å². The van der Waals surface area contributed by atoms with Crippen LogP contribution in [-0.4, -0.2) is 26.1 Å². The lowest BCUT2D eigenvalue weighted by Crippen LogP contribution is -1.99. The molecule has 3 aromatic rings. The van der Waals surface area contributed by atoms with E-state index in [4.69, 9.17) is 0 Å². The minimum Gasteiger partial charge on any atom is -0.478 e. The normalized spacial score (nSPS) is 11.0. The Labute approximate surface area is 129 Å². The van der Waals surface area contributed by atoms with Gasteiger partial charge < -0.3 is 5.11 Å². The van der Waals surface area contributed by atoms with E-state index in [1.54, 1.807) is 10.7 Å². The molecule has 0 radical (unpaired) electrons. The Kier molecular flexibility index (Phi) is 3.25. The summed E-state index contributed by atoms with van der Waals surface area (Å²) in [6, 6.07) is 9.01. The second-order valence-corrected chi connectivity index (χ2v) is 5.67. The van der Waals surface area contributed by atoms with Crippen LogP contribution in [-0.2, 0) is 0 Å². The quantitative estimate of drug-likeness (QED) is 0.771. The van der Waals surface area contributed by atoms with Crippen molar-refractivity contribution in [1.82, 2.24) is 15.0 Å². The molecule has 1 N–H and O–H groups in total. The van der Waals surface area contributed by atoms with Crippen LogP contribution in [0.15, 0.2) is 34.8 Å². The second-order valence-electron chi connectivity index (χ2n) is 4.87. The summed E-state index contributed by atoms with van der Waals surface area (Å²) in [5.41, 5.74) is 4.26. The number of aromatic carboxylic acids is 1. The fourth-order valence-corrected chi connectivity index (χ4v) is 2.58. The Balaban J connectivity index is 2.27. The van der Waals surface area contributed by atoms with Gasteiger partial charge in [-0.15, -0.1) is 5.10 Å². The molecule has 0 saturated heterocycles. The first-order valence-corrected chi connectivity index (χ1v) is 7.13. The summed E-state index contributed by atoms with van der Waals surface area (Å²) in [4.78, 5) is 11.2. The molecule has 0 fully saturated rings. The van der Waals surface area contributed by atoms with Crippen molar-refractivity contribution in [2.24, 2.45) is 0 Å². The average molecular weight is 346 g/mol. The summed E-state index contributed by atoms with van der Waals surface area (Å²) in [5.74, 6) is -1.00. The van der Waals surface area contributed by atoms with Gasteiger partial charge in [0, 0.05) is 4.47 Å². The van der Waals surface area contributed by atoms with Crippen LogP contribution in [0.3, 0.4) is 0 Å². The maximum Gasteiger partial charge on any atom is 0.338 e. The number of benzene rings is 2. The molecule has 1 heterocycles. The number of nitrogens with zero attached hydrogens (tertiary/aromatic N) is 3. The van der Waals surface area contributed by atoms with E-state index in [2.05, 4.69) is 26.2 Å². The standard InChI is InChI=1S/C15H12BrN3O2/c1-8-6-10(7-9(2)13(8)16)19-12-5-3-4-11(15(20)21)14(12)17-18-19/h3-7H,1-2H3,(H,20,21). The largest absolute Gasteiger partial charge is 0.478 e. The number of carboxylic acid groups (broad SMARTS) is 1. The highest BCUT2D eigenvalue weighted by molar-refractivity contribution is 9.10. The van der Waals surface area contributed by atoms with E-state index in [1.807, 2.05) is 32.0 Å². The van der Waals surface area contributed by atoms with E-state index in [9.17, 15) is 9.90 Å². The highest BCUT2D eigenvalue weighted by atomic mass is 79.9. The van der Waals surface area contributed by atoms with E-state index >= 15 is 0 Å². The lowest BCUT2D eigenvalue weighted by atomic mass is 10.1. The topological polar surface area (TPSA) is 68.0 Å². The third-order valence-corrected chi connectivity index (χ3v) is 4.62. The summed E-state index contributed by atoms with van der Waals surface area (Å²) in [7, 11) is 0. The van der Waals surface area contributed by atoms with Crippen molar-refractivity contribution >= 4 is 32.9 Å². The van der Waals surface area contributed by atoms with E-state index in [0.29, 0.717) is 11.0 Å². The molecule has 5 nitrogen and oxygen atoms in total. The molecule has 0 bridgehead atoms. The highest BCUT2D eigenvalue weighted by Crippen LogP contribution is 2.26. The van der Waals surface area contributed by atoms with Crippen LogP contribution in [0.4, 0.5) is 0 Å². The Bertz CT molecular complexity index is 847. The van der Waals surface area contributed by atoms with Crippen molar-refractivity contribution < 1.29 is 9.90 Å². The van der Waals surface area contributed by atoms with Gasteiger partial charge in [-0.2, -0.15) is 0 Å². The highest BCUT2D eigenvalue weighted by Gasteiger charge is 2.15. The predicted molar refractivity (Wildman–Crippen MR) is 83.0 cm³/mol. The SMILES string of the molecule is Cc1cc(-n2nnc3c(C(=O)O)cccc32)cc(C)c1Br. The molecule has 6 heteroatoms. The van der Waals surface area contributed by atoms with Gasteiger partial charge in [0.25, 0.3) is 0 Å². The summed E-state index contributed by atoms with van der Waals surface area (Å²) in [6.07, 6.45) is 0. The summed E-state index contributed by atoms with van der Waals surface area (Å²) >= 11 is 3.53. The van der Waals surface area contributed by atoms with Crippen LogP contribution in [0.25, 0.3) is 16.7 Å². The number of fused-ring (bicyclic) bond motifs is 1. The summed E-state index contributed by atoms with van der Waals surface area (Å²) in [5, 5.41) is 17.3. The zero-order valence-electron chi connectivity index (χ0n) is 11.5. The number of aromatic nitrogens is 3. The van der Waals surface area contributed by atoms with Crippen molar-refractivity contribution in [1.29, 1.82) is 0 Å². The van der Waals surface area contributed by atoms with E-state index in [1.165, 1.54) is 6.07 Å². The molecule has 2 aromatic carbocycles. The van der Waals surface area contributed by atoms with Crippen LogP contribution in [0.5, 0.6) is 0 Å². The van der Waals surface area contributed by atoms with E-state index in [-0.39, 0.29) is 5.56 Å². The van der Waals surface area contributed by atoms with Crippen molar-refractivity contribution in [2.75, 3.05) is 0 Å². The first-order chi connectivity index (χ1) is 9.99. The van der Waals surface area contributed by atoms with E-state index in [0.717, 1.165) is 21.3 Å². The average Bonchev–Trinajstić information content (AvgIpc) is 2.87. The molecule has 0 saturated carbocycles. The zero-order chi connectivity index (χ0) is 15.1. The minimum absolute atomic E-state index is 0.157. The number of halogens is 1. The third kappa shape index (κ3) is 2.21. The van der Waals surface area contributed by atoms with Crippen LogP contribution in [0.1, 0.15) is 21.5 Å². The Morgan fingerprint density at radius 2 is 1.90 bits per heavy atom. The number of carboxylic acids is 1. The summed E-state index contributed by atoms with van der Waals surface area (Å²) in [6.45, 7) is 4.00. The number of hydrogen-bond donors (Lipinski definition) is 1. The fourth-order valence-electron chi connectivity index (χ4n) is 2.35. The molecule has 0 unspecified atom stereocenters. The Morgan fingerprint density at radius 1 is 1.24 bits per heavy atom. The molecule has 0 atom stereocenters. The smallest absolute Gasteiger partial charge is 0.338 e. The van der Waals surface area contributed by atoms with Crippen LogP contribution < -0.4 is 0 Å². The maximum atomic E-state index is 11.2. The molecule has 0 aliphatic carbocycles. The fraction of sp³-hybridized carbons (Fsp3) is 0.133. The van der Waals surface area contributed by atoms with Crippen molar-refractivity contribution in [3.8, 4) is 5.69 Å². The van der Waals surface area contributed by atoms with Gasteiger partial charge in [0.1, 0.15) is 5.52 Å². The Morgan fingerprint density at radius 3 is 2.52 bits per heavy atom. The van der Waals surface area contributed by atoms with Crippen LogP contribution >= 0.6 is 15.9 Å². The molecule has 0 amide bonds. The molecule has 1 aromatic heterocycles. The molecular weight excluding hydrogens is 334 g/mol. The molecule has 3 rings (SSSR count). The van der Waals surface area contributed by atoms with Gasteiger partial charge in [0.05, 0.1) is 16.8 Å². The Hall–Kier alpha value is -2.21. The zero-order valence-corrected chi connectivity index (χ0v) is 13.0. The predicted octanol–water partition coefficient (Wildman–Crippen LogP) is 3.50. The van der Waals surface area contributed by atoms with Gasteiger partial charge in [0.2, 0.25) is 0 Å². The molecule has 0 spiro atoms. The summed E-state index contributed by atoms with van der Waals surface area (Å²) < 4.78 is 2.72. The molecule has 0 aliphatic rings. The molecule has 0 aliphatic heterocycles. The monoisotopic (exact) mass is 345 g/mol. The van der Waals surface area contributed by atoms with Crippen molar-refractivity contribution in [3.63, 3.8) is 0 Å². The lowest BCUT2D eigenvalue weighted by Gasteiger charge is -2.08. The number of aryl methyl sites for hydroxylation is 2. The molecule has 21 heavy (non-hydrogen) atoms. The minimum atomic E-state index is -1.00. The van der Waals surface area contributed by atoms with Crippen LogP contribution in [0.2, 0.25) is 0 Å². The van der Waals surface area contributed by atoms with E-state index < -0.39 is 5.97 Å².